The summed E-state index contributed by atoms with van der Waals surface area (Å²) in [6.07, 6.45) is 0. The second-order valence-electron chi connectivity index (χ2n) is 11.0. The molecular weight excluding hydrogens is 486 g/mol. The van der Waals surface area contributed by atoms with E-state index in [2.05, 4.69) is 142 Å². The molecule has 0 fully saturated rings. The van der Waals surface area contributed by atoms with Crippen molar-refractivity contribution in [1.82, 2.24) is 13.5 Å². The first-order valence-corrected chi connectivity index (χ1v) is 13.9. The maximum atomic E-state index is 2.57. The van der Waals surface area contributed by atoms with Crippen molar-refractivity contribution in [3.8, 4) is 5.69 Å². The summed E-state index contributed by atoms with van der Waals surface area (Å²) >= 11 is 0. The van der Waals surface area contributed by atoms with E-state index in [1.54, 1.807) is 0 Å². The molecule has 0 aliphatic heterocycles. The van der Waals surface area contributed by atoms with Gasteiger partial charge in [0.05, 0.1) is 33.1 Å². The summed E-state index contributed by atoms with van der Waals surface area (Å²) in [5.74, 6) is 0. The Kier molecular flexibility index (Phi) is 3.62. The zero-order chi connectivity index (χ0) is 26.1. The van der Waals surface area contributed by atoms with E-state index in [4.69, 9.17) is 0 Å². The summed E-state index contributed by atoms with van der Waals surface area (Å²) in [4.78, 5) is 0. The molecule has 0 aliphatic rings. The lowest BCUT2D eigenvalue weighted by Crippen LogP contribution is -1.97. The van der Waals surface area contributed by atoms with E-state index < -0.39 is 0 Å². The zero-order valence-corrected chi connectivity index (χ0v) is 21.9. The largest absolute Gasteiger partial charge is 0.344 e. The van der Waals surface area contributed by atoms with Crippen LogP contribution in [0.2, 0.25) is 0 Å². The Bertz CT molecular complexity index is 2650. The quantitative estimate of drug-likeness (QED) is 0.209. The summed E-state index contributed by atoms with van der Waals surface area (Å²) in [5.41, 5.74) is 9.98. The molecule has 0 radical (unpaired) electrons. The van der Waals surface area contributed by atoms with Gasteiger partial charge in [-0.1, -0.05) is 84.9 Å². The highest BCUT2D eigenvalue weighted by Crippen LogP contribution is 2.47. The molecule has 186 valence electrons. The Hall–Kier alpha value is -5.28. The third kappa shape index (κ3) is 2.26. The van der Waals surface area contributed by atoms with Gasteiger partial charge in [-0.2, -0.15) is 0 Å². The highest BCUT2D eigenvalue weighted by atomic mass is 15.0. The predicted octanol–water partition coefficient (Wildman–Crippen LogP) is 9.58. The van der Waals surface area contributed by atoms with E-state index in [-0.39, 0.29) is 0 Å². The maximum Gasteiger partial charge on any atom is 0.0810 e. The van der Waals surface area contributed by atoms with Crippen LogP contribution in [-0.2, 0) is 7.05 Å². The lowest BCUT2D eigenvalue weighted by atomic mass is 10.0. The topological polar surface area (TPSA) is 14.3 Å². The standard InChI is InChI=1S/C37H23N3/c1-38-31-20-10-15-25-27-17-9-16-26-23-13-5-8-19-30(23)40(35(26)27)37-34(33(25)31)32(38)21-28-24-14-6-7-18-29(24)39(36(28)37)22-11-3-2-4-12-22/h2-21H,1H3. The molecule has 3 heteroatoms. The second-order valence-corrected chi connectivity index (χ2v) is 11.0. The first kappa shape index (κ1) is 20.7. The van der Waals surface area contributed by atoms with Crippen molar-refractivity contribution in [2.75, 3.05) is 0 Å². The van der Waals surface area contributed by atoms with E-state index in [9.17, 15) is 0 Å². The van der Waals surface area contributed by atoms with Gasteiger partial charge in [0.15, 0.2) is 0 Å². The summed E-state index contributed by atoms with van der Waals surface area (Å²) in [5, 5.41) is 10.4. The highest BCUT2D eigenvalue weighted by Gasteiger charge is 2.25. The van der Waals surface area contributed by atoms with Crippen molar-refractivity contribution < 1.29 is 0 Å². The molecule has 0 amide bonds. The van der Waals surface area contributed by atoms with Crippen LogP contribution in [0, 0.1) is 0 Å². The number of hydrogen-bond acceptors (Lipinski definition) is 0. The second kappa shape index (κ2) is 7.02. The Balaban J connectivity index is 1.70. The molecule has 0 spiro atoms. The third-order valence-corrected chi connectivity index (χ3v) is 9.15. The molecular formula is C37H23N3. The molecule has 10 aromatic rings. The van der Waals surface area contributed by atoms with E-state index in [0.717, 1.165) is 0 Å². The summed E-state index contributed by atoms with van der Waals surface area (Å²) in [6.45, 7) is 0. The SMILES string of the molecule is Cn1c2cccc3c4cccc5c6ccccc6n(c45)c4c(c32)c1cc1c2ccccc2n(-c2ccccc2)c14. The van der Waals surface area contributed by atoms with Crippen molar-refractivity contribution in [3.05, 3.63) is 121 Å². The molecule has 0 N–H and O–H groups in total. The van der Waals surface area contributed by atoms with Gasteiger partial charge in [0.1, 0.15) is 0 Å². The van der Waals surface area contributed by atoms with Crippen molar-refractivity contribution in [1.29, 1.82) is 0 Å². The summed E-state index contributed by atoms with van der Waals surface area (Å²) in [7, 11) is 2.22. The molecule has 0 saturated carbocycles. The fraction of sp³-hybridized carbons (Fsp3) is 0.0270. The number of hydrogen-bond donors (Lipinski definition) is 0. The Labute approximate surface area is 229 Å². The Morgan fingerprint density at radius 3 is 1.82 bits per heavy atom. The molecule has 10 rings (SSSR count). The van der Waals surface area contributed by atoms with Crippen LogP contribution in [0.3, 0.4) is 0 Å². The summed E-state index contributed by atoms with van der Waals surface area (Å²) in [6, 6.07) is 44.6. The van der Waals surface area contributed by atoms with Gasteiger partial charge in [0.2, 0.25) is 0 Å². The van der Waals surface area contributed by atoms with Gasteiger partial charge in [-0.3, -0.25) is 0 Å². The van der Waals surface area contributed by atoms with Gasteiger partial charge >= 0.3 is 0 Å². The normalized spacial score (nSPS) is 12.6. The maximum absolute atomic E-state index is 2.57. The summed E-state index contributed by atoms with van der Waals surface area (Å²) < 4.78 is 7.44. The van der Waals surface area contributed by atoms with E-state index in [1.807, 2.05) is 0 Å². The number of rotatable bonds is 1. The van der Waals surface area contributed by atoms with Crippen molar-refractivity contribution in [2.45, 2.75) is 0 Å². The van der Waals surface area contributed by atoms with Crippen LogP contribution < -0.4 is 0 Å². The fourth-order valence-electron chi connectivity index (χ4n) is 7.57. The van der Waals surface area contributed by atoms with Gasteiger partial charge in [-0.05, 0) is 41.8 Å². The van der Waals surface area contributed by atoms with Crippen molar-refractivity contribution >= 4 is 81.7 Å². The first-order chi connectivity index (χ1) is 19.8. The smallest absolute Gasteiger partial charge is 0.0810 e. The molecule has 0 aliphatic carbocycles. The lowest BCUT2D eigenvalue weighted by molar-refractivity contribution is 1.02. The number of fused-ring (bicyclic) bond motifs is 9. The Morgan fingerprint density at radius 1 is 0.400 bits per heavy atom. The van der Waals surface area contributed by atoms with Crippen LogP contribution in [0.15, 0.2) is 121 Å². The first-order valence-electron chi connectivity index (χ1n) is 13.9. The fourth-order valence-corrected chi connectivity index (χ4v) is 7.57. The van der Waals surface area contributed by atoms with Gasteiger partial charge in [0.25, 0.3) is 0 Å². The molecule has 4 heterocycles. The molecule has 0 bridgehead atoms. The number of benzene rings is 6. The Morgan fingerprint density at radius 2 is 1.00 bits per heavy atom. The minimum Gasteiger partial charge on any atom is -0.344 e. The minimum absolute atomic E-state index is 1.18. The van der Waals surface area contributed by atoms with Crippen LogP contribution >= 0.6 is 0 Å². The number of aryl methyl sites for hydroxylation is 1. The van der Waals surface area contributed by atoms with Crippen LogP contribution in [0.25, 0.3) is 87.4 Å². The van der Waals surface area contributed by atoms with Gasteiger partial charge in [-0.15, -0.1) is 0 Å². The number of aromatic nitrogens is 3. The monoisotopic (exact) mass is 509 g/mol. The van der Waals surface area contributed by atoms with Crippen LogP contribution in [0.1, 0.15) is 0 Å². The molecule has 4 aromatic heterocycles. The van der Waals surface area contributed by atoms with E-state index >= 15 is 0 Å². The minimum atomic E-state index is 1.18. The molecule has 40 heavy (non-hydrogen) atoms. The predicted molar refractivity (Wildman–Crippen MR) is 169 cm³/mol. The van der Waals surface area contributed by atoms with Crippen molar-refractivity contribution in [2.24, 2.45) is 7.05 Å². The number of nitrogens with zero attached hydrogens (tertiary/aromatic N) is 3. The lowest BCUT2D eigenvalue weighted by Gasteiger charge is -2.11. The van der Waals surface area contributed by atoms with Gasteiger partial charge in [-0.25, -0.2) is 0 Å². The van der Waals surface area contributed by atoms with Gasteiger partial charge < -0.3 is 13.5 Å². The molecule has 3 nitrogen and oxygen atoms in total. The average molecular weight is 510 g/mol. The van der Waals surface area contributed by atoms with Gasteiger partial charge in [0, 0.05) is 56.0 Å². The van der Waals surface area contributed by atoms with Crippen LogP contribution in [-0.4, -0.2) is 13.5 Å². The third-order valence-electron chi connectivity index (χ3n) is 9.15. The van der Waals surface area contributed by atoms with E-state index in [0.29, 0.717) is 0 Å². The molecule has 0 atom stereocenters. The molecule has 0 saturated heterocycles. The van der Waals surface area contributed by atoms with Crippen molar-refractivity contribution in [3.63, 3.8) is 0 Å². The molecule has 0 unspecified atom stereocenters. The van der Waals surface area contributed by atoms with Crippen LogP contribution in [0.5, 0.6) is 0 Å². The molecule has 6 aromatic carbocycles. The zero-order valence-electron chi connectivity index (χ0n) is 21.9. The highest BCUT2D eigenvalue weighted by molar-refractivity contribution is 6.35. The number of para-hydroxylation sites is 4. The van der Waals surface area contributed by atoms with E-state index in [1.165, 1.54) is 87.4 Å². The average Bonchev–Trinajstić information content (AvgIpc) is 3.59. The van der Waals surface area contributed by atoms with Crippen LogP contribution in [0.4, 0.5) is 0 Å².